The molecule has 0 radical (unpaired) electrons. The van der Waals surface area contributed by atoms with E-state index in [1.165, 1.54) is 0 Å². The number of Topliss-reactive ketones (excluding diaryl/α,β-unsaturated/α-hetero) is 1. The van der Waals surface area contributed by atoms with Gasteiger partial charge in [-0.1, -0.05) is 0 Å². The molecule has 1 aromatic heterocycles. The summed E-state index contributed by atoms with van der Waals surface area (Å²) < 4.78 is 7.42. The van der Waals surface area contributed by atoms with E-state index in [-0.39, 0.29) is 5.78 Å². The maximum absolute atomic E-state index is 11.8. The minimum Gasteiger partial charge on any atom is -0.495 e. The van der Waals surface area contributed by atoms with E-state index >= 15 is 0 Å². The number of carbonyl (C=O) groups excluding carboxylic acids is 1. The van der Waals surface area contributed by atoms with Crippen LogP contribution in [0, 0.1) is 13.8 Å². The molecule has 0 bridgehead atoms. The van der Waals surface area contributed by atoms with Gasteiger partial charge >= 0.3 is 0 Å². The van der Waals surface area contributed by atoms with Crippen molar-refractivity contribution in [3.63, 3.8) is 0 Å². The van der Waals surface area contributed by atoms with Crippen molar-refractivity contribution in [3.8, 4) is 5.75 Å². The van der Waals surface area contributed by atoms with Gasteiger partial charge in [-0.2, -0.15) is 0 Å². The van der Waals surface area contributed by atoms with E-state index < -0.39 is 0 Å². The average molecular weight is 231 g/mol. The van der Waals surface area contributed by atoms with Crippen molar-refractivity contribution < 1.29 is 9.53 Å². The molecular weight excluding hydrogens is 214 g/mol. The Morgan fingerprint density at radius 1 is 1.29 bits per heavy atom. The molecule has 1 aromatic carbocycles. The van der Waals surface area contributed by atoms with Gasteiger partial charge in [-0.25, -0.2) is 0 Å². The van der Waals surface area contributed by atoms with E-state index in [0.29, 0.717) is 0 Å². The van der Waals surface area contributed by atoms with Crippen LogP contribution in [-0.4, -0.2) is 17.5 Å². The van der Waals surface area contributed by atoms with E-state index in [2.05, 4.69) is 0 Å². The fraction of sp³-hybridized carbons (Fsp3) is 0.357. The van der Waals surface area contributed by atoms with Crippen LogP contribution in [0.15, 0.2) is 12.1 Å². The molecule has 0 saturated carbocycles. The van der Waals surface area contributed by atoms with Gasteiger partial charge in [0.05, 0.1) is 12.6 Å². The number of hydrogen-bond acceptors (Lipinski definition) is 2. The molecule has 2 aromatic rings. The maximum atomic E-state index is 11.8. The minimum atomic E-state index is 0.0979. The van der Waals surface area contributed by atoms with Crippen molar-refractivity contribution in [2.24, 2.45) is 7.05 Å². The number of fused-ring (bicyclic) bond motifs is 1. The largest absolute Gasteiger partial charge is 0.495 e. The molecule has 0 unspecified atom stereocenters. The van der Waals surface area contributed by atoms with Crippen LogP contribution in [-0.2, 0) is 7.05 Å². The Bertz CT molecular complexity index is 608. The molecule has 0 amide bonds. The van der Waals surface area contributed by atoms with Crippen molar-refractivity contribution in [1.29, 1.82) is 0 Å². The third-order valence-electron chi connectivity index (χ3n) is 3.26. The van der Waals surface area contributed by atoms with Gasteiger partial charge in [0.15, 0.2) is 5.78 Å². The molecule has 0 fully saturated rings. The summed E-state index contributed by atoms with van der Waals surface area (Å²) in [5.74, 6) is 0.916. The highest BCUT2D eigenvalue weighted by atomic mass is 16.5. The molecular formula is C14H17NO2. The lowest BCUT2D eigenvalue weighted by Crippen LogP contribution is -1.96. The summed E-state index contributed by atoms with van der Waals surface area (Å²) in [7, 11) is 3.62. The fourth-order valence-electron chi connectivity index (χ4n) is 2.41. The minimum absolute atomic E-state index is 0.0979. The summed E-state index contributed by atoms with van der Waals surface area (Å²) in [5.41, 5.74) is 3.86. The lowest BCUT2D eigenvalue weighted by Gasteiger charge is -2.06. The first-order chi connectivity index (χ1) is 7.97. The molecule has 0 N–H and O–H groups in total. The lowest BCUT2D eigenvalue weighted by atomic mass is 10.1. The first-order valence-electron chi connectivity index (χ1n) is 5.62. The maximum Gasteiger partial charge on any atom is 0.162 e. The zero-order valence-corrected chi connectivity index (χ0v) is 10.9. The molecule has 0 saturated heterocycles. The molecule has 3 heteroatoms. The Hall–Kier alpha value is -1.77. The van der Waals surface area contributed by atoms with Crippen molar-refractivity contribution in [2.45, 2.75) is 20.8 Å². The van der Waals surface area contributed by atoms with Crippen molar-refractivity contribution >= 4 is 16.7 Å². The Morgan fingerprint density at radius 2 is 1.94 bits per heavy atom. The highest BCUT2D eigenvalue weighted by molar-refractivity contribution is 6.09. The van der Waals surface area contributed by atoms with Crippen molar-refractivity contribution in [3.05, 3.63) is 29.0 Å². The zero-order valence-electron chi connectivity index (χ0n) is 10.9. The second kappa shape index (κ2) is 3.91. The van der Waals surface area contributed by atoms with Crippen LogP contribution in [0.1, 0.15) is 28.5 Å². The van der Waals surface area contributed by atoms with Gasteiger partial charge in [0.2, 0.25) is 0 Å². The van der Waals surface area contributed by atoms with Crippen LogP contribution in [0.3, 0.4) is 0 Å². The zero-order chi connectivity index (χ0) is 12.7. The summed E-state index contributed by atoms with van der Waals surface area (Å²) >= 11 is 0. The fourth-order valence-corrected chi connectivity index (χ4v) is 2.41. The number of rotatable bonds is 2. The molecule has 2 rings (SSSR count). The molecule has 0 atom stereocenters. The predicted octanol–water partition coefficient (Wildman–Crippen LogP) is 3.01. The third kappa shape index (κ3) is 1.62. The number of carbonyl (C=O) groups is 1. The molecule has 0 spiro atoms. The van der Waals surface area contributed by atoms with Crippen LogP contribution in [0.4, 0.5) is 0 Å². The van der Waals surface area contributed by atoms with E-state index in [1.54, 1.807) is 14.0 Å². The Kier molecular flexibility index (Phi) is 2.69. The first kappa shape index (κ1) is 11.7. The Balaban J connectivity index is 2.99. The Labute approximate surface area is 101 Å². The molecule has 0 aliphatic carbocycles. The highest BCUT2D eigenvalue weighted by Gasteiger charge is 2.18. The van der Waals surface area contributed by atoms with Crippen LogP contribution in [0.5, 0.6) is 5.75 Å². The average Bonchev–Trinajstić information content (AvgIpc) is 2.50. The quantitative estimate of drug-likeness (QED) is 0.744. The van der Waals surface area contributed by atoms with E-state index in [1.807, 2.05) is 37.6 Å². The van der Waals surface area contributed by atoms with Crippen LogP contribution in [0.2, 0.25) is 0 Å². The number of ketones is 1. The summed E-state index contributed by atoms with van der Waals surface area (Å²) in [6, 6.07) is 4.03. The molecule has 17 heavy (non-hydrogen) atoms. The van der Waals surface area contributed by atoms with Gasteiger partial charge in [-0.05, 0) is 38.5 Å². The summed E-state index contributed by atoms with van der Waals surface area (Å²) in [5, 5.41) is 0.981. The number of nitrogens with zero attached hydrogens (tertiary/aromatic N) is 1. The van der Waals surface area contributed by atoms with E-state index in [9.17, 15) is 4.79 Å². The second-order valence-corrected chi connectivity index (χ2v) is 4.44. The van der Waals surface area contributed by atoms with Crippen molar-refractivity contribution in [1.82, 2.24) is 4.57 Å². The second-order valence-electron chi connectivity index (χ2n) is 4.44. The number of benzene rings is 1. The van der Waals surface area contributed by atoms with Gasteiger partial charge in [0, 0.05) is 23.7 Å². The van der Waals surface area contributed by atoms with Gasteiger partial charge in [-0.15, -0.1) is 0 Å². The number of ether oxygens (including phenoxy) is 1. The van der Waals surface area contributed by atoms with Gasteiger partial charge in [0.25, 0.3) is 0 Å². The number of aromatic nitrogens is 1. The molecule has 0 aliphatic heterocycles. The van der Waals surface area contributed by atoms with E-state index in [0.717, 1.165) is 33.5 Å². The normalized spacial score (nSPS) is 10.9. The first-order valence-corrected chi connectivity index (χ1v) is 5.62. The molecule has 1 heterocycles. The number of aryl methyl sites for hydroxylation is 2. The topological polar surface area (TPSA) is 31.2 Å². The van der Waals surface area contributed by atoms with E-state index in [4.69, 9.17) is 4.74 Å². The molecule has 90 valence electrons. The van der Waals surface area contributed by atoms with Crippen LogP contribution >= 0.6 is 0 Å². The van der Waals surface area contributed by atoms with Crippen molar-refractivity contribution in [2.75, 3.05) is 7.11 Å². The monoisotopic (exact) mass is 231 g/mol. The summed E-state index contributed by atoms with van der Waals surface area (Å²) in [6.07, 6.45) is 0. The lowest BCUT2D eigenvalue weighted by molar-refractivity contribution is 0.101. The van der Waals surface area contributed by atoms with Gasteiger partial charge in [-0.3, -0.25) is 4.79 Å². The van der Waals surface area contributed by atoms with Crippen LogP contribution < -0.4 is 4.74 Å². The highest BCUT2D eigenvalue weighted by Crippen LogP contribution is 2.33. The number of hydrogen-bond donors (Lipinski definition) is 0. The van der Waals surface area contributed by atoms with Crippen LogP contribution in [0.25, 0.3) is 10.9 Å². The summed E-state index contributed by atoms with van der Waals surface area (Å²) in [4.78, 5) is 11.8. The smallest absolute Gasteiger partial charge is 0.162 e. The summed E-state index contributed by atoms with van der Waals surface area (Å²) in [6.45, 7) is 5.58. The SMILES string of the molecule is COc1cc(C)cc2c(C(C)=O)c(C)n(C)c12. The standard InChI is InChI=1S/C14H17NO2/c1-8-6-11-13(10(3)16)9(2)15(4)14(11)12(7-8)17-5/h6-7H,1-5H3. The molecule has 0 aliphatic rings. The van der Waals surface area contributed by atoms with Gasteiger partial charge < -0.3 is 9.30 Å². The third-order valence-corrected chi connectivity index (χ3v) is 3.26. The Morgan fingerprint density at radius 3 is 2.47 bits per heavy atom. The number of methoxy groups -OCH3 is 1. The van der Waals surface area contributed by atoms with Gasteiger partial charge in [0.1, 0.15) is 5.75 Å². The molecule has 3 nitrogen and oxygen atoms in total. The predicted molar refractivity (Wildman–Crippen MR) is 68.9 cm³/mol.